The fourth-order valence-electron chi connectivity index (χ4n) is 6.52. The number of aliphatic hydroxyl groups is 2. The molecular formula is C24H25NO4. The third-order valence-corrected chi connectivity index (χ3v) is 7.91. The summed E-state index contributed by atoms with van der Waals surface area (Å²) >= 11 is 0. The number of benzene rings is 1. The van der Waals surface area contributed by atoms with E-state index in [4.69, 9.17) is 4.74 Å². The highest BCUT2D eigenvalue weighted by atomic mass is 16.5. The van der Waals surface area contributed by atoms with Crippen molar-refractivity contribution < 1.29 is 19.7 Å². The second-order valence-corrected chi connectivity index (χ2v) is 9.18. The fraction of sp³-hybridized carbons (Fsp3) is 0.458. The van der Waals surface area contributed by atoms with Gasteiger partial charge in [0.25, 0.3) is 0 Å². The second kappa shape index (κ2) is 5.69. The fourth-order valence-corrected chi connectivity index (χ4v) is 6.52. The van der Waals surface area contributed by atoms with Gasteiger partial charge in [0, 0.05) is 34.9 Å². The molecular weight excluding hydrogens is 366 g/mol. The van der Waals surface area contributed by atoms with Crippen LogP contribution in [-0.2, 0) is 4.74 Å². The highest BCUT2D eigenvalue weighted by Crippen LogP contribution is 2.66. The molecule has 5 aliphatic rings. The average Bonchev–Trinajstić information content (AvgIpc) is 3.10. The number of nitrogens with zero attached hydrogens (tertiary/aromatic N) is 1. The summed E-state index contributed by atoms with van der Waals surface area (Å²) in [4.78, 5) is 15.8. The summed E-state index contributed by atoms with van der Waals surface area (Å²) in [6.45, 7) is 0.913. The first-order valence-electron chi connectivity index (χ1n) is 10.5. The van der Waals surface area contributed by atoms with Crippen LogP contribution in [0.2, 0.25) is 0 Å². The van der Waals surface area contributed by atoms with Crippen LogP contribution in [0.3, 0.4) is 0 Å². The van der Waals surface area contributed by atoms with Gasteiger partial charge in [-0.3, -0.25) is 4.79 Å². The Balaban J connectivity index is 1.54. The van der Waals surface area contributed by atoms with Crippen LogP contribution in [0.5, 0.6) is 0 Å². The van der Waals surface area contributed by atoms with E-state index in [1.54, 1.807) is 24.3 Å². The zero-order valence-corrected chi connectivity index (χ0v) is 16.4. The summed E-state index contributed by atoms with van der Waals surface area (Å²) in [5.41, 5.74) is 0.577. The van der Waals surface area contributed by atoms with E-state index >= 15 is 0 Å². The Hall–Kier alpha value is -2.21. The van der Waals surface area contributed by atoms with Gasteiger partial charge in [0.05, 0.1) is 0 Å². The molecule has 2 N–H and O–H groups in total. The number of aliphatic hydroxyl groups excluding tert-OH is 1. The number of Topliss-reactive ketones (excluding diaryl/α,β-unsaturated/α-hetero) is 1. The van der Waals surface area contributed by atoms with E-state index in [2.05, 4.69) is 18.0 Å². The standard InChI is InChI=1S/C24H25NO4/c1-25-12-11-23-16-7-8-18(26)21(23)29-22-19(23)15(13-17(16)25)9-10-24(22,28)20(27)14-5-3-2-4-6-14/h2-9,16-18,21,26,28H,10-13H2,1H3/t16-,17+,18-,21-,23-,24?/m0/s1. The van der Waals surface area contributed by atoms with Crippen molar-refractivity contribution in [3.8, 4) is 0 Å². The van der Waals surface area contributed by atoms with Crippen LogP contribution in [0.15, 0.2) is 65.5 Å². The highest BCUT2D eigenvalue weighted by Gasteiger charge is 2.68. The summed E-state index contributed by atoms with van der Waals surface area (Å²) in [6, 6.07) is 9.28. The molecule has 150 valence electrons. The van der Waals surface area contributed by atoms with Gasteiger partial charge in [0.2, 0.25) is 5.78 Å². The molecule has 29 heavy (non-hydrogen) atoms. The van der Waals surface area contributed by atoms with E-state index < -0.39 is 17.8 Å². The van der Waals surface area contributed by atoms with Crippen LogP contribution < -0.4 is 0 Å². The number of hydrogen-bond donors (Lipinski definition) is 2. The van der Waals surface area contributed by atoms with Gasteiger partial charge in [-0.1, -0.05) is 48.6 Å². The molecule has 2 fully saturated rings. The predicted octanol–water partition coefficient (Wildman–Crippen LogP) is 2.22. The van der Waals surface area contributed by atoms with Crippen molar-refractivity contribution in [2.24, 2.45) is 11.3 Å². The van der Waals surface area contributed by atoms with Crippen molar-refractivity contribution in [1.82, 2.24) is 4.90 Å². The molecule has 1 aromatic rings. The van der Waals surface area contributed by atoms with Crippen LogP contribution in [-0.4, -0.2) is 58.3 Å². The lowest BCUT2D eigenvalue weighted by Gasteiger charge is -2.58. The van der Waals surface area contributed by atoms with Crippen molar-refractivity contribution >= 4 is 5.78 Å². The first-order chi connectivity index (χ1) is 14.0. The summed E-state index contributed by atoms with van der Waals surface area (Å²) in [6.07, 6.45) is 6.78. The topological polar surface area (TPSA) is 70.0 Å². The first kappa shape index (κ1) is 17.6. The molecule has 5 nitrogen and oxygen atoms in total. The lowest BCUT2D eigenvalue weighted by Crippen LogP contribution is -2.62. The van der Waals surface area contributed by atoms with Gasteiger partial charge in [-0.15, -0.1) is 0 Å². The van der Waals surface area contributed by atoms with E-state index in [0.717, 1.165) is 25.0 Å². The van der Waals surface area contributed by atoms with Crippen molar-refractivity contribution in [1.29, 1.82) is 0 Å². The average molecular weight is 391 g/mol. The van der Waals surface area contributed by atoms with Crippen LogP contribution in [0.25, 0.3) is 0 Å². The molecule has 1 saturated carbocycles. The Labute approximate surface area is 170 Å². The number of ketones is 1. The molecule has 1 spiro atoms. The molecule has 6 rings (SSSR count). The third-order valence-electron chi connectivity index (χ3n) is 7.91. The van der Waals surface area contributed by atoms with Crippen LogP contribution in [0, 0.1) is 11.3 Å². The smallest absolute Gasteiger partial charge is 0.202 e. The van der Waals surface area contributed by atoms with Gasteiger partial charge in [-0.05, 0) is 32.0 Å². The second-order valence-electron chi connectivity index (χ2n) is 9.18. The summed E-state index contributed by atoms with van der Waals surface area (Å²) in [5, 5.41) is 22.5. The number of carbonyl (C=O) groups is 1. The zero-order valence-electron chi connectivity index (χ0n) is 16.4. The van der Waals surface area contributed by atoms with E-state index in [9.17, 15) is 15.0 Å². The Morgan fingerprint density at radius 2 is 2.03 bits per heavy atom. The normalized spacial score (nSPS) is 42.2. The Morgan fingerprint density at radius 1 is 1.24 bits per heavy atom. The predicted molar refractivity (Wildman–Crippen MR) is 107 cm³/mol. The third kappa shape index (κ3) is 2.03. The van der Waals surface area contributed by atoms with Gasteiger partial charge >= 0.3 is 0 Å². The maximum absolute atomic E-state index is 13.4. The van der Waals surface area contributed by atoms with Crippen LogP contribution in [0.4, 0.5) is 0 Å². The van der Waals surface area contributed by atoms with E-state index in [0.29, 0.717) is 17.4 Å². The number of carbonyl (C=O) groups excluding carboxylic acids is 1. The maximum atomic E-state index is 13.4. The molecule has 2 bridgehead atoms. The van der Waals surface area contributed by atoms with E-state index in [1.807, 2.05) is 18.2 Å². The van der Waals surface area contributed by atoms with E-state index in [-0.39, 0.29) is 23.5 Å². The maximum Gasteiger partial charge on any atom is 0.202 e. The molecule has 1 saturated heterocycles. The molecule has 0 radical (unpaired) electrons. The Kier molecular flexibility index (Phi) is 3.46. The monoisotopic (exact) mass is 391 g/mol. The van der Waals surface area contributed by atoms with Gasteiger partial charge in [-0.2, -0.15) is 0 Å². The highest BCUT2D eigenvalue weighted by molar-refractivity contribution is 6.05. The Bertz CT molecular complexity index is 995. The molecule has 2 aliphatic heterocycles. The molecule has 0 aromatic heterocycles. The van der Waals surface area contributed by atoms with Crippen molar-refractivity contribution in [3.63, 3.8) is 0 Å². The lowest BCUT2D eigenvalue weighted by molar-refractivity contribution is -0.0989. The molecule has 6 atom stereocenters. The minimum Gasteiger partial charge on any atom is -0.487 e. The van der Waals surface area contributed by atoms with Gasteiger partial charge < -0.3 is 19.8 Å². The largest absolute Gasteiger partial charge is 0.487 e. The summed E-state index contributed by atoms with van der Waals surface area (Å²) < 4.78 is 6.38. The lowest BCUT2D eigenvalue weighted by atomic mass is 9.51. The van der Waals surface area contributed by atoms with Crippen LogP contribution >= 0.6 is 0 Å². The summed E-state index contributed by atoms with van der Waals surface area (Å²) in [5.74, 6) is 0.276. The van der Waals surface area contributed by atoms with Crippen molar-refractivity contribution in [2.75, 3.05) is 13.6 Å². The van der Waals surface area contributed by atoms with Gasteiger partial charge in [-0.25, -0.2) is 0 Å². The molecule has 1 aromatic carbocycles. The van der Waals surface area contributed by atoms with Crippen molar-refractivity contribution in [3.05, 3.63) is 71.0 Å². The SMILES string of the molecule is CN1CC[C@]23C4=C5O[C@H]2[C@@H](O)C=C[C@H]3[C@H]1CC4=CCC5(O)C(=O)c1ccccc1. The number of likely N-dealkylation sites (tertiary alicyclic amines) is 1. The molecule has 0 amide bonds. The number of piperidine rings is 1. The zero-order chi connectivity index (χ0) is 20.0. The Morgan fingerprint density at radius 3 is 2.83 bits per heavy atom. The number of hydrogen-bond acceptors (Lipinski definition) is 5. The quantitative estimate of drug-likeness (QED) is 0.598. The van der Waals surface area contributed by atoms with Crippen LogP contribution in [0.1, 0.15) is 29.6 Å². The number of rotatable bonds is 2. The summed E-state index contributed by atoms with van der Waals surface area (Å²) in [7, 11) is 2.16. The van der Waals surface area contributed by atoms with Crippen molar-refractivity contribution in [2.45, 2.75) is 43.1 Å². The molecule has 1 unspecified atom stereocenters. The molecule has 5 heteroatoms. The van der Waals surface area contributed by atoms with E-state index in [1.165, 1.54) is 5.57 Å². The minimum absolute atomic E-state index is 0.211. The number of ether oxygens (including phenoxy) is 1. The molecule has 3 aliphatic carbocycles. The van der Waals surface area contributed by atoms with Gasteiger partial charge in [0.1, 0.15) is 18.0 Å². The first-order valence-corrected chi connectivity index (χ1v) is 10.5. The molecule has 2 heterocycles. The minimum atomic E-state index is -1.72. The van der Waals surface area contributed by atoms with Gasteiger partial charge in [0.15, 0.2) is 5.60 Å².